The predicted molar refractivity (Wildman–Crippen MR) is 120 cm³/mol. The van der Waals surface area contributed by atoms with Crippen LogP contribution in [0.3, 0.4) is 0 Å². The van der Waals surface area contributed by atoms with Crippen molar-refractivity contribution in [1.29, 1.82) is 0 Å². The van der Waals surface area contributed by atoms with Crippen molar-refractivity contribution >= 4 is 33.3 Å². The number of carbonyl (C=O) groups is 1. The fourth-order valence-electron chi connectivity index (χ4n) is 3.92. The van der Waals surface area contributed by atoms with Crippen LogP contribution in [0.25, 0.3) is 10.9 Å². The topological polar surface area (TPSA) is 65.1 Å². The van der Waals surface area contributed by atoms with E-state index < -0.39 is 0 Å². The van der Waals surface area contributed by atoms with Gasteiger partial charge < -0.3 is 14.8 Å². The average Bonchev–Trinajstić information content (AvgIpc) is 3.43. The van der Waals surface area contributed by atoms with Crippen molar-refractivity contribution in [2.75, 3.05) is 31.1 Å². The number of aromatic amines is 1. The lowest BCUT2D eigenvalue weighted by molar-refractivity contribution is -0.130. The van der Waals surface area contributed by atoms with Crippen LogP contribution in [0.4, 0.5) is 9.52 Å². The summed E-state index contributed by atoms with van der Waals surface area (Å²) in [6, 6.07) is 14.5. The Bertz CT molecular complexity index is 1190. The molecule has 2 aromatic heterocycles. The van der Waals surface area contributed by atoms with Crippen LogP contribution in [0.1, 0.15) is 16.1 Å². The number of hydrogen-bond donors (Lipinski definition) is 1. The van der Waals surface area contributed by atoms with Gasteiger partial charge in [0.25, 0.3) is 0 Å². The Balaban J connectivity index is 1.17. The summed E-state index contributed by atoms with van der Waals surface area (Å²) in [6.45, 7) is 2.83. The predicted octanol–water partition coefficient (Wildman–Crippen LogP) is 3.64. The molecule has 1 aliphatic heterocycles. The number of nitrogens with zero attached hydrogens (tertiary/aromatic N) is 4. The van der Waals surface area contributed by atoms with Crippen molar-refractivity contribution in [1.82, 2.24) is 20.1 Å². The molecule has 0 bridgehead atoms. The molecule has 6 nitrogen and oxygen atoms in total. The Morgan fingerprint density at radius 3 is 2.61 bits per heavy atom. The lowest BCUT2D eigenvalue weighted by Crippen LogP contribution is -2.49. The maximum absolute atomic E-state index is 13.1. The van der Waals surface area contributed by atoms with Gasteiger partial charge in [0.1, 0.15) is 10.8 Å². The van der Waals surface area contributed by atoms with Gasteiger partial charge in [-0.3, -0.25) is 4.79 Å². The quantitative estimate of drug-likeness (QED) is 0.520. The molecule has 1 amide bonds. The van der Waals surface area contributed by atoms with E-state index in [0.717, 1.165) is 45.3 Å². The van der Waals surface area contributed by atoms with Crippen molar-refractivity contribution in [2.24, 2.45) is 0 Å². The van der Waals surface area contributed by atoms with E-state index in [9.17, 15) is 9.18 Å². The third kappa shape index (κ3) is 4.29. The van der Waals surface area contributed by atoms with E-state index in [1.54, 1.807) is 23.5 Å². The van der Waals surface area contributed by atoms with E-state index in [0.29, 0.717) is 25.9 Å². The minimum Gasteiger partial charge on any atom is -0.361 e. The number of H-pyrrole nitrogens is 1. The van der Waals surface area contributed by atoms with E-state index in [2.05, 4.69) is 20.1 Å². The highest BCUT2D eigenvalue weighted by atomic mass is 32.1. The van der Waals surface area contributed by atoms with Gasteiger partial charge in [-0.15, -0.1) is 10.2 Å². The van der Waals surface area contributed by atoms with Gasteiger partial charge in [-0.1, -0.05) is 41.7 Å². The van der Waals surface area contributed by atoms with Crippen LogP contribution in [0.15, 0.2) is 54.7 Å². The summed E-state index contributed by atoms with van der Waals surface area (Å²) in [5.74, 6) is -0.0857. The van der Waals surface area contributed by atoms with Crippen LogP contribution in [0, 0.1) is 5.82 Å². The minimum atomic E-state index is -0.237. The maximum Gasteiger partial charge on any atom is 0.227 e. The summed E-state index contributed by atoms with van der Waals surface area (Å²) in [7, 11) is 0. The number of aromatic nitrogens is 3. The van der Waals surface area contributed by atoms with E-state index in [1.165, 1.54) is 12.1 Å². The van der Waals surface area contributed by atoms with Crippen LogP contribution in [-0.2, 0) is 17.6 Å². The van der Waals surface area contributed by atoms with Crippen molar-refractivity contribution in [2.45, 2.75) is 12.8 Å². The molecule has 3 heterocycles. The number of fused-ring (bicyclic) bond motifs is 1. The van der Waals surface area contributed by atoms with Gasteiger partial charge in [-0.25, -0.2) is 4.39 Å². The zero-order chi connectivity index (χ0) is 21.2. The highest BCUT2D eigenvalue weighted by Crippen LogP contribution is 2.24. The first-order chi connectivity index (χ1) is 15.2. The first-order valence-electron chi connectivity index (χ1n) is 10.3. The number of amides is 1. The second-order valence-electron chi connectivity index (χ2n) is 7.69. The molecular weight excluding hydrogens is 413 g/mol. The van der Waals surface area contributed by atoms with E-state index in [4.69, 9.17) is 0 Å². The zero-order valence-electron chi connectivity index (χ0n) is 16.9. The molecule has 1 N–H and O–H groups in total. The lowest BCUT2D eigenvalue weighted by atomic mass is 10.1. The number of rotatable bonds is 5. The van der Waals surface area contributed by atoms with Crippen molar-refractivity contribution in [3.8, 4) is 0 Å². The number of halogens is 1. The number of anilines is 1. The molecule has 8 heteroatoms. The van der Waals surface area contributed by atoms with Gasteiger partial charge in [-0.2, -0.15) is 0 Å². The molecule has 0 saturated carbocycles. The fraction of sp³-hybridized carbons (Fsp3) is 0.261. The van der Waals surface area contributed by atoms with Crippen LogP contribution in [0.2, 0.25) is 0 Å². The van der Waals surface area contributed by atoms with Gasteiger partial charge in [0.2, 0.25) is 11.0 Å². The van der Waals surface area contributed by atoms with E-state index >= 15 is 0 Å². The molecule has 4 aromatic rings. The third-order valence-corrected chi connectivity index (χ3v) is 6.63. The van der Waals surface area contributed by atoms with Crippen LogP contribution >= 0.6 is 11.3 Å². The fourth-order valence-corrected chi connectivity index (χ4v) is 4.85. The minimum absolute atomic E-state index is 0.152. The Labute approximate surface area is 183 Å². The summed E-state index contributed by atoms with van der Waals surface area (Å²) >= 11 is 1.56. The van der Waals surface area contributed by atoms with Crippen LogP contribution in [-0.4, -0.2) is 52.2 Å². The molecule has 0 unspecified atom stereocenters. The number of carbonyl (C=O) groups excluding carboxylic acids is 1. The molecular formula is C23H22FN5OS. The number of piperazine rings is 1. The Hall–Kier alpha value is -3.26. The molecule has 5 rings (SSSR count). The lowest BCUT2D eigenvalue weighted by Gasteiger charge is -2.34. The van der Waals surface area contributed by atoms with Gasteiger partial charge in [0, 0.05) is 49.7 Å². The Morgan fingerprint density at radius 2 is 1.81 bits per heavy atom. The molecule has 0 atom stereocenters. The molecule has 1 saturated heterocycles. The van der Waals surface area contributed by atoms with E-state index in [1.807, 2.05) is 35.4 Å². The van der Waals surface area contributed by atoms with E-state index in [-0.39, 0.29) is 11.7 Å². The van der Waals surface area contributed by atoms with Crippen molar-refractivity contribution in [3.05, 3.63) is 76.7 Å². The molecule has 0 spiro atoms. The normalized spacial score (nSPS) is 14.4. The van der Waals surface area contributed by atoms with Crippen LogP contribution < -0.4 is 4.90 Å². The highest BCUT2D eigenvalue weighted by Gasteiger charge is 2.24. The Kier molecular flexibility index (Phi) is 5.38. The van der Waals surface area contributed by atoms with Gasteiger partial charge >= 0.3 is 0 Å². The number of para-hydroxylation sites is 1. The first-order valence-corrected chi connectivity index (χ1v) is 11.1. The molecule has 0 aliphatic carbocycles. The van der Waals surface area contributed by atoms with Crippen LogP contribution in [0.5, 0.6) is 0 Å². The SMILES string of the molecule is O=C(Cc1c[nH]c2ccccc12)N1CCN(c2nnc(Cc3ccc(F)cc3)s2)CC1. The highest BCUT2D eigenvalue weighted by molar-refractivity contribution is 7.15. The maximum atomic E-state index is 13.1. The van der Waals surface area contributed by atoms with Crippen molar-refractivity contribution in [3.63, 3.8) is 0 Å². The standard InChI is InChI=1S/C23H22FN5OS/c24-18-7-5-16(6-8-18)13-21-26-27-23(31-21)29-11-9-28(10-12-29)22(30)14-17-15-25-20-4-2-1-3-19(17)20/h1-8,15,25H,9-14H2. The first kappa shape index (κ1) is 19.7. The molecule has 158 valence electrons. The summed E-state index contributed by atoms with van der Waals surface area (Å²) in [5, 5.41) is 11.5. The summed E-state index contributed by atoms with van der Waals surface area (Å²) in [6.07, 6.45) is 2.98. The number of nitrogens with one attached hydrogen (secondary N) is 1. The Morgan fingerprint density at radius 1 is 1.03 bits per heavy atom. The largest absolute Gasteiger partial charge is 0.361 e. The van der Waals surface area contributed by atoms with Crippen molar-refractivity contribution < 1.29 is 9.18 Å². The molecule has 31 heavy (non-hydrogen) atoms. The van der Waals surface area contributed by atoms with Gasteiger partial charge in [-0.05, 0) is 29.3 Å². The molecule has 1 fully saturated rings. The second-order valence-corrected chi connectivity index (χ2v) is 8.73. The monoisotopic (exact) mass is 435 g/mol. The zero-order valence-corrected chi connectivity index (χ0v) is 17.7. The van der Waals surface area contributed by atoms with Gasteiger partial charge in [0.05, 0.1) is 6.42 Å². The number of benzene rings is 2. The second kappa shape index (κ2) is 8.47. The average molecular weight is 436 g/mol. The number of hydrogen-bond acceptors (Lipinski definition) is 5. The summed E-state index contributed by atoms with van der Waals surface area (Å²) in [5.41, 5.74) is 3.11. The molecule has 0 radical (unpaired) electrons. The molecule has 2 aromatic carbocycles. The van der Waals surface area contributed by atoms with Gasteiger partial charge in [0.15, 0.2) is 0 Å². The summed E-state index contributed by atoms with van der Waals surface area (Å²) in [4.78, 5) is 20.2. The summed E-state index contributed by atoms with van der Waals surface area (Å²) < 4.78 is 13.1. The molecule has 1 aliphatic rings. The third-order valence-electron chi connectivity index (χ3n) is 5.64. The smallest absolute Gasteiger partial charge is 0.227 e.